The van der Waals surface area contributed by atoms with Gasteiger partial charge in [0.05, 0.1) is 6.04 Å². The summed E-state index contributed by atoms with van der Waals surface area (Å²) in [7, 11) is -2.73. The van der Waals surface area contributed by atoms with Gasteiger partial charge in [0.25, 0.3) is 0 Å². The number of urea groups is 1. The molecule has 0 saturated heterocycles. The third-order valence-corrected chi connectivity index (χ3v) is 14.7. The first kappa shape index (κ1) is 41.0. The number of anilines is 2. The maximum absolute atomic E-state index is 11.7. The fraction of sp³-hybridized carbons (Fsp3) is 0.333. The van der Waals surface area contributed by atoms with E-state index in [9.17, 15) is 9.90 Å². The van der Waals surface area contributed by atoms with Crippen LogP contribution in [-0.2, 0) is 6.42 Å². The molecule has 55 heavy (non-hydrogen) atoms. The number of carbonyl (C=O) groups excluding carboxylic acids is 1. The third kappa shape index (κ3) is 11.4. The summed E-state index contributed by atoms with van der Waals surface area (Å²) in [5, 5.41) is 22.6. The van der Waals surface area contributed by atoms with Crippen molar-refractivity contribution in [2.45, 2.75) is 77.0 Å². The number of nitrogens with two attached hydrogens (primary N) is 1. The highest BCUT2D eigenvalue weighted by atomic mass is 28.4. The van der Waals surface area contributed by atoms with Crippen molar-refractivity contribution >= 4 is 36.2 Å². The Morgan fingerprint density at radius 3 is 2.07 bits per heavy atom. The number of carbonyl (C=O) groups is 1. The average molecular weight is 760 g/mol. The molecule has 2 amide bonds. The smallest absolute Gasteiger partial charge is 0.319 e. The number of hydrogen-bond acceptors (Lipinski definition) is 7. The second-order valence-corrected chi connectivity index (χ2v) is 19.2. The van der Waals surface area contributed by atoms with Gasteiger partial charge in [-0.15, -0.1) is 0 Å². The molecule has 290 valence electrons. The Morgan fingerprint density at radius 1 is 0.836 bits per heavy atom. The molecular weight excluding hydrogens is 703 g/mol. The topological polar surface area (TPSA) is 131 Å². The van der Waals surface area contributed by atoms with Crippen molar-refractivity contribution in [2.75, 3.05) is 25.0 Å². The van der Waals surface area contributed by atoms with Gasteiger partial charge >= 0.3 is 14.3 Å². The number of hydrogen-bond donors (Lipinski definition) is 5. The molecule has 5 rings (SSSR count). The van der Waals surface area contributed by atoms with E-state index in [1.807, 2.05) is 60.7 Å². The molecule has 6 N–H and O–H groups in total. The van der Waals surface area contributed by atoms with E-state index in [0.717, 1.165) is 49.1 Å². The van der Waals surface area contributed by atoms with Gasteiger partial charge in [0, 0.05) is 24.0 Å². The van der Waals surface area contributed by atoms with Crippen molar-refractivity contribution in [2.24, 2.45) is 5.73 Å². The Bertz CT molecular complexity index is 1850. The maximum atomic E-state index is 11.7. The molecule has 9 nitrogen and oxygen atoms in total. The van der Waals surface area contributed by atoms with Crippen LogP contribution in [-0.4, -0.2) is 50.2 Å². The van der Waals surface area contributed by atoms with Crippen LogP contribution in [0.15, 0.2) is 128 Å². The number of aliphatic hydroxyl groups is 1. The fourth-order valence-corrected chi connectivity index (χ4v) is 11.4. The van der Waals surface area contributed by atoms with Crippen LogP contribution in [0, 0.1) is 0 Å². The lowest BCUT2D eigenvalue weighted by Gasteiger charge is -2.43. The van der Waals surface area contributed by atoms with Gasteiger partial charge in [-0.2, -0.15) is 0 Å². The zero-order valence-corrected chi connectivity index (χ0v) is 33.6. The molecule has 0 aliphatic rings. The van der Waals surface area contributed by atoms with Crippen LogP contribution in [0.2, 0.25) is 5.04 Å². The van der Waals surface area contributed by atoms with Crippen molar-refractivity contribution in [3.05, 3.63) is 139 Å². The molecule has 10 heteroatoms. The number of rotatable bonds is 20. The van der Waals surface area contributed by atoms with E-state index < -0.39 is 20.5 Å². The van der Waals surface area contributed by atoms with Gasteiger partial charge in [0.15, 0.2) is 0 Å². The molecule has 1 heterocycles. The van der Waals surface area contributed by atoms with Crippen LogP contribution in [0.5, 0.6) is 11.5 Å². The number of unbranched alkanes of at least 4 members (excludes halogenated alkanes) is 2. The molecule has 1 aromatic heterocycles. The van der Waals surface area contributed by atoms with Gasteiger partial charge in [-0.25, -0.2) is 9.78 Å². The minimum absolute atomic E-state index is 0.141. The Morgan fingerprint density at radius 2 is 1.47 bits per heavy atom. The predicted octanol–water partition coefficient (Wildman–Crippen LogP) is 7.63. The van der Waals surface area contributed by atoms with Gasteiger partial charge in [-0.1, -0.05) is 126 Å². The van der Waals surface area contributed by atoms with Gasteiger partial charge in [0.1, 0.15) is 30.0 Å². The summed E-state index contributed by atoms with van der Waals surface area (Å²) < 4.78 is 13.1. The lowest BCUT2D eigenvalue weighted by atomic mass is 10.0. The Kier molecular flexibility index (Phi) is 14.9. The highest BCUT2D eigenvalue weighted by molar-refractivity contribution is 7.00. The Balaban J connectivity index is 1.09. The average Bonchev–Trinajstić information content (AvgIpc) is 3.19. The summed E-state index contributed by atoms with van der Waals surface area (Å²) >= 11 is 0. The lowest BCUT2D eigenvalue weighted by Crippen LogP contribution is -2.68. The quantitative estimate of drug-likeness (QED) is 0.0408. The standard InChI is InChI=1S/C45H57N5O4Si/c1-5-6-9-20-42(50-44(46)52)41-19-14-30-48-43(41)49-35-23-21-34(22-24-35)29-31-47-32-36(51)33-53-37-25-27-38(28-26-37)54-55(45(2,3)4,39-15-10-7-11-16-39)40-17-12-8-13-18-40/h7-8,10-19,21-28,30,36,42,47,51H,5-6,9,20,29,31-33H2,1-4H3,(H,48,49)(H3,46,50,52)/t36-,42?/m0/s1. The van der Waals surface area contributed by atoms with E-state index >= 15 is 0 Å². The SMILES string of the molecule is CCCCCC(NC(N)=O)c1cccnc1Nc1ccc(CCNC[C@H](O)COc2ccc(O[Si](c3ccccc3)(c3ccccc3)C(C)(C)C)cc2)cc1. The lowest BCUT2D eigenvalue weighted by molar-refractivity contribution is 0.106. The second-order valence-electron chi connectivity index (χ2n) is 15.0. The number of nitrogens with zero attached hydrogens (tertiary/aromatic N) is 1. The van der Waals surface area contributed by atoms with E-state index in [1.165, 1.54) is 15.9 Å². The maximum Gasteiger partial charge on any atom is 0.319 e. The van der Waals surface area contributed by atoms with E-state index in [-0.39, 0.29) is 17.7 Å². The second kappa shape index (κ2) is 20.0. The van der Waals surface area contributed by atoms with Gasteiger partial charge in [0.2, 0.25) is 0 Å². The van der Waals surface area contributed by atoms with Crippen LogP contribution < -0.4 is 41.2 Å². The van der Waals surface area contributed by atoms with E-state index in [4.69, 9.17) is 14.9 Å². The predicted molar refractivity (Wildman–Crippen MR) is 226 cm³/mol. The number of pyridine rings is 1. The number of amides is 2. The van der Waals surface area contributed by atoms with Crippen molar-refractivity contribution in [3.63, 3.8) is 0 Å². The van der Waals surface area contributed by atoms with E-state index in [1.54, 1.807) is 6.20 Å². The zero-order valence-electron chi connectivity index (χ0n) is 32.6. The molecular formula is C45H57N5O4Si. The molecule has 0 bridgehead atoms. The number of nitrogens with one attached hydrogen (secondary N) is 3. The molecule has 2 atom stereocenters. The molecule has 0 fully saturated rings. The van der Waals surface area contributed by atoms with Gasteiger partial charge < -0.3 is 36.0 Å². The van der Waals surface area contributed by atoms with Crippen LogP contribution in [0.25, 0.3) is 0 Å². The summed E-state index contributed by atoms with van der Waals surface area (Å²) in [6, 6.07) is 40.2. The van der Waals surface area contributed by atoms with E-state index in [2.05, 4.69) is 109 Å². The summed E-state index contributed by atoms with van der Waals surface area (Å²) in [6.45, 7) is 10.2. The molecule has 1 unspecified atom stereocenters. The summed E-state index contributed by atoms with van der Waals surface area (Å²) in [5.41, 5.74) is 8.47. The zero-order chi connectivity index (χ0) is 39.1. The summed E-state index contributed by atoms with van der Waals surface area (Å²) in [5.74, 6) is 2.16. The molecule has 0 aliphatic heterocycles. The number of aliphatic hydroxyl groups excluding tert-OH is 1. The Hall–Kier alpha value is -5.16. The van der Waals surface area contributed by atoms with Crippen LogP contribution in [0.4, 0.5) is 16.3 Å². The monoisotopic (exact) mass is 759 g/mol. The largest absolute Gasteiger partial charge is 0.534 e. The fourth-order valence-electron chi connectivity index (χ4n) is 6.95. The van der Waals surface area contributed by atoms with Crippen molar-refractivity contribution in [1.29, 1.82) is 0 Å². The normalized spacial score (nSPS) is 12.7. The summed E-state index contributed by atoms with van der Waals surface area (Å²) in [4.78, 5) is 16.3. The minimum atomic E-state index is -2.73. The highest BCUT2D eigenvalue weighted by Gasteiger charge is 2.52. The molecule has 0 saturated carbocycles. The first-order valence-electron chi connectivity index (χ1n) is 19.4. The van der Waals surface area contributed by atoms with Crippen LogP contribution in [0.1, 0.15) is 70.5 Å². The van der Waals surface area contributed by atoms with Crippen molar-refractivity contribution in [3.8, 4) is 11.5 Å². The van der Waals surface area contributed by atoms with Crippen LogP contribution in [0.3, 0.4) is 0 Å². The van der Waals surface area contributed by atoms with Crippen LogP contribution >= 0.6 is 0 Å². The molecule has 0 spiro atoms. The number of aromatic nitrogens is 1. The minimum Gasteiger partial charge on any atom is -0.534 e. The first-order valence-corrected chi connectivity index (χ1v) is 21.3. The molecule has 5 aromatic rings. The Labute approximate surface area is 327 Å². The third-order valence-electron chi connectivity index (χ3n) is 9.77. The number of benzene rings is 4. The van der Waals surface area contributed by atoms with Crippen molar-refractivity contribution in [1.82, 2.24) is 15.6 Å². The number of ether oxygens (including phenoxy) is 1. The van der Waals surface area contributed by atoms with E-state index in [0.29, 0.717) is 24.7 Å². The first-order chi connectivity index (χ1) is 26.6. The molecule has 4 aromatic carbocycles. The molecule has 0 aliphatic carbocycles. The van der Waals surface area contributed by atoms with Crippen molar-refractivity contribution < 1.29 is 19.1 Å². The number of primary amides is 1. The summed E-state index contributed by atoms with van der Waals surface area (Å²) in [6.07, 6.45) is 5.83. The molecule has 0 radical (unpaired) electrons. The van der Waals surface area contributed by atoms with Gasteiger partial charge in [-0.3, -0.25) is 0 Å². The van der Waals surface area contributed by atoms with Gasteiger partial charge in [-0.05, 0) is 82.8 Å². The highest BCUT2D eigenvalue weighted by Crippen LogP contribution is 2.38.